The molecule has 0 amide bonds. The van der Waals surface area contributed by atoms with Gasteiger partial charge < -0.3 is 4.74 Å². The molecule has 0 N–H and O–H groups in total. The van der Waals surface area contributed by atoms with E-state index in [9.17, 15) is 4.79 Å². The van der Waals surface area contributed by atoms with Crippen LogP contribution < -0.4 is 0 Å². The van der Waals surface area contributed by atoms with E-state index in [1.807, 2.05) is 38.1 Å². The minimum absolute atomic E-state index is 0.0390. The molecule has 1 aliphatic rings. The summed E-state index contributed by atoms with van der Waals surface area (Å²) in [5, 5.41) is -0.129. The van der Waals surface area contributed by atoms with Gasteiger partial charge in [-0.05, 0) is 44.4 Å². The smallest absolute Gasteiger partial charge is 0.179 e. The Hall–Kier alpha value is -1.58. The average molecular weight is 326 g/mol. The summed E-state index contributed by atoms with van der Waals surface area (Å²) in [5.41, 5.74) is 0.602. The van der Waals surface area contributed by atoms with Crippen LogP contribution in [0.2, 0.25) is 0 Å². The van der Waals surface area contributed by atoms with Gasteiger partial charge in [0.1, 0.15) is 5.60 Å². The zero-order chi connectivity index (χ0) is 16.3. The molecule has 23 heavy (non-hydrogen) atoms. The highest BCUT2D eigenvalue weighted by molar-refractivity contribution is 8.00. The van der Waals surface area contributed by atoms with Gasteiger partial charge in [0.25, 0.3) is 0 Å². The molecule has 2 aromatic carbocycles. The Morgan fingerprint density at radius 3 is 2.26 bits per heavy atom. The van der Waals surface area contributed by atoms with Gasteiger partial charge in [0.15, 0.2) is 5.78 Å². The number of thioether (sulfide) groups is 1. The average Bonchev–Trinajstić information content (AvgIpc) is 2.78. The summed E-state index contributed by atoms with van der Waals surface area (Å²) >= 11 is 1.63. The van der Waals surface area contributed by atoms with Crippen LogP contribution in [0.1, 0.15) is 25.8 Å². The molecule has 1 aliphatic heterocycles. The maximum absolute atomic E-state index is 12.7. The summed E-state index contributed by atoms with van der Waals surface area (Å²) in [5.74, 6) is 0.199. The van der Waals surface area contributed by atoms with Crippen molar-refractivity contribution in [1.29, 1.82) is 0 Å². The molecule has 1 fully saturated rings. The van der Waals surface area contributed by atoms with Crippen LogP contribution in [0.15, 0.2) is 65.6 Å². The standard InChI is InChI=1S/C20H22O2S/c1-20(2)19(21)18(23-16-11-7-4-8-12-16)17(22-20)14-13-15-9-5-3-6-10-15/h3-12,17-18H,13-14H2,1-2H3/t17-,18-/m1/s1. The van der Waals surface area contributed by atoms with Crippen molar-refractivity contribution in [1.82, 2.24) is 0 Å². The van der Waals surface area contributed by atoms with Gasteiger partial charge in [0.05, 0.1) is 11.4 Å². The first-order valence-electron chi connectivity index (χ1n) is 8.04. The number of hydrogen-bond acceptors (Lipinski definition) is 3. The zero-order valence-electron chi connectivity index (χ0n) is 13.6. The second-order valence-electron chi connectivity index (χ2n) is 6.41. The Bertz CT molecular complexity index is 652. The summed E-state index contributed by atoms with van der Waals surface area (Å²) in [7, 11) is 0. The van der Waals surface area contributed by atoms with Crippen LogP contribution >= 0.6 is 11.8 Å². The van der Waals surface area contributed by atoms with Crippen LogP contribution in [-0.2, 0) is 16.0 Å². The minimum atomic E-state index is -0.687. The topological polar surface area (TPSA) is 26.3 Å². The van der Waals surface area contributed by atoms with E-state index in [0.717, 1.165) is 17.7 Å². The maximum atomic E-state index is 12.7. The predicted molar refractivity (Wildman–Crippen MR) is 94.8 cm³/mol. The van der Waals surface area contributed by atoms with Crippen molar-refractivity contribution in [3.05, 3.63) is 66.2 Å². The Kier molecular flexibility index (Phi) is 4.88. The van der Waals surface area contributed by atoms with Gasteiger partial charge in [-0.3, -0.25) is 4.79 Å². The van der Waals surface area contributed by atoms with Crippen molar-refractivity contribution in [3.63, 3.8) is 0 Å². The molecule has 2 atom stereocenters. The highest BCUT2D eigenvalue weighted by Gasteiger charge is 2.48. The molecule has 0 radical (unpaired) electrons. The number of carbonyl (C=O) groups excluding carboxylic acids is 1. The molecular formula is C20H22O2S. The molecule has 2 nitrogen and oxygen atoms in total. The summed E-state index contributed by atoms with van der Waals surface area (Å²) in [6, 6.07) is 20.5. The quantitative estimate of drug-likeness (QED) is 0.807. The zero-order valence-corrected chi connectivity index (χ0v) is 14.4. The Morgan fingerprint density at radius 2 is 1.61 bits per heavy atom. The highest BCUT2D eigenvalue weighted by Crippen LogP contribution is 2.39. The van der Waals surface area contributed by atoms with Gasteiger partial charge in [-0.25, -0.2) is 0 Å². The number of benzene rings is 2. The predicted octanol–water partition coefficient (Wildman–Crippen LogP) is 4.53. The van der Waals surface area contributed by atoms with Crippen molar-refractivity contribution in [2.75, 3.05) is 0 Å². The Labute approximate surface area is 142 Å². The lowest BCUT2D eigenvalue weighted by molar-refractivity contribution is -0.129. The number of rotatable bonds is 5. The van der Waals surface area contributed by atoms with Crippen molar-refractivity contribution in [2.24, 2.45) is 0 Å². The van der Waals surface area contributed by atoms with Crippen LogP contribution in [0.3, 0.4) is 0 Å². The molecule has 3 heteroatoms. The van der Waals surface area contributed by atoms with Gasteiger partial charge in [0, 0.05) is 4.90 Å². The molecule has 0 aliphatic carbocycles. The first-order valence-corrected chi connectivity index (χ1v) is 8.92. The lowest BCUT2D eigenvalue weighted by Gasteiger charge is -2.18. The van der Waals surface area contributed by atoms with Crippen molar-refractivity contribution in [3.8, 4) is 0 Å². The van der Waals surface area contributed by atoms with Gasteiger partial charge in [-0.1, -0.05) is 48.5 Å². The van der Waals surface area contributed by atoms with Crippen LogP contribution in [0.5, 0.6) is 0 Å². The van der Waals surface area contributed by atoms with E-state index < -0.39 is 5.60 Å². The van der Waals surface area contributed by atoms with Crippen molar-refractivity contribution in [2.45, 2.75) is 48.5 Å². The first-order chi connectivity index (χ1) is 11.1. The molecule has 0 unspecified atom stereocenters. The SMILES string of the molecule is CC1(C)O[C@H](CCc2ccccc2)[C@@H](Sc2ccccc2)C1=O. The van der Waals surface area contributed by atoms with Crippen molar-refractivity contribution >= 4 is 17.5 Å². The molecule has 1 saturated heterocycles. The fourth-order valence-electron chi connectivity index (χ4n) is 2.95. The molecule has 3 rings (SSSR count). The van der Waals surface area contributed by atoms with Crippen LogP contribution in [0, 0.1) is 0 Å². The molecule has 0 spiro atoms. The molecule has 0 bridgehead atoms. The Morgan fingerprint density at radius 1 is 1.00 bits per heavy atom. The molecule has 0 aromatic heterocycles. The van der Waals surface area contributed by atoms with Crippen molar-refractivity contribution < 1.29 is 9.53 Å². The van der Waals surface area contributed by atoms with Gasteiger partial charge in [0.2, 0.25) is 0 Å². The maximum Gasteiger partial charge on any atom is 0.179 e. The van der Waals surface area contributed by atoms with E-state index in [-0.39, 0.29) is 17.1 Å². The third-order valence-corrected chi connectivity index (χ3v) is 5.52. The summed E-state index contributed by atoms with van der Waals surface area (Å²) in [6.07, 6.45) is 1.76. The molecule has 1 heterocycles. The first kappa shape index (κ1) is 16.3. The number of hydrogen-bond donors (Lipinski definition) is 0. The molecule has 0 saturated carbocycles. The molecule has 120 valence electrons. The van der Waals surface area contributed by atoms with E-state index in [1.54, 1.807) is 11.8 Å². The largest absolute Gasteiger partial charge is 0.363 e. The van der Waals surface area contributed by atoms with Crippen LogP contribution in [-0.4, -0.2) is 22.7 Å². The number of ketones is 1. The molecular weight excluding hydrogens is 304 g/mol. The Balaban J connectivity index is 1.72. The molecule has 2 aromatic rings. The minimum Gasteiger partial charge on any atom is -0.363 e. The second-order valence-corrected chi connectivity index (χ2v) is 7.62. The highest BCUT2D eigenvalue weighted by atomic mass is 32.2. The number of ether oxygens (including phenoxy) is 1. The summed E-state index contributed by atoms with van der Waals surface area (Å²) in [6.45, 7) is 3.77. The van der Waals surface area contributed by atoms with Crippen LogP contribution in [0.25, 0.3) is 0 Å². The van der Waals surface area contributed by atoms with E-state index in [4.69, 9.17) is 4.74 Å². The fourth-order valence-corrected chi connectivity index (χ4v) is 4.29. The number of Topliss-reactive ketones (excluding diaryl/α,β-unsaturated/α-hetero) is 1. The lowest BCUT2D eigenvalue weighted by atomic mass is 10.0. The van der Waals surface area contributed by atoms with Crippen LogP contribution in [0.4, 0.5) is 0 Å². The fraction of sp³-hybridized carbons (Fsp3) is 0.350. The van der Waals surface area contributed by atoms with E-state index in [2.05, 4.69) is 36.4 Å². The summed E-state index contributed by atoms with van der Waals surface area (Å²) < 4.78 is 6.10. The normalized spacial score (nSPS) is 23.1. The number of aryl methyl sites for hydroxylation is 1. The summed E-state index contributed by atoms with van der Waals surface area (Å²) in [4.78, 5) is 13.8. The lowest BCUT2D eigenvalue weighted by Crippen LogP contribution is -2.31. The third-order valence-electron chi connectivity index (χ3n) is 4.20. The third kappa shape index (κ3) is 3.85. The second kappa shape index (κ2) is 6.90. The van der Waals surface area contributed by atoms with E-state index in [0.29, 0.717) is 0 Å². The van der Waals surface area contributed by atoms with Gasteiger partial charge in [-0.2, -0.15) is 0 Å². The number of carbonyl (C=O) groups is 1. The van der Waals surface area contributed by atoms with Gasteiger partial charge >= 0.3 is 0 Å². The van der Waals surface area contributed by atoms with E-state index in [1.165, 1.54) is 5.56 Å². The van der Waals surface area contributed by atoms with E-state index >= 15 is 0 Å². The monoisotopic (exact) mass is 326 g/mol. The van der Waals surface area contributed by atoms with Gasteiger partial charge in [-0.15, -0.1) is 11.8 Å².